The summed E-state index contributed by atoms with van der Waals surface area (Å²) in [5, 5.41) is 4.46. The summed E-state index contributed by atoms with van der Waals surface area (Å²) in [7, 11) is 0. The number of rotatable bonds is 13. The number of aromatic nitrogens is 2. The van der Waals surface area contributed by atoms with E-state index in [1.807, 2.05) is 6.92 Å². The number of nitrogens with one attached hydrogen (secondary N) is 2. The molecule has 0 aliphatic rings. The first-order valence-electron chi connectivity index (χ1n) is 10.5. The number of hydrogen-bond donors (Lipinski definition) is 2. The van der Waals surface area contributed by atoms with E-state index in [2.05, 4.69) is 31.1 Å². The van der Waals surface area contributed by atoms with Crippen molar-refractivity contribution in [3.63, 3.8) is 0 Å². The standard InChI is InChI=1S/C22H32N2O6/c1-5-22(3,4)11-10-16(26)9-8-15(25)7-6-14(2)19(17-12-29-23-20(17)27)18-13-30-24-21(18)28/h12-14,19H,5-11H2,1-4H3,(H,23,27)(H,24,28). The number of aromatic amines is 2. The summed E-state index contributed by atoms with van der Waals surface area (Å²) in [6.07, 6.45) is 6.14. The Morgan fingerprint density at radius 3 is 1.87 bits per heavy atom. The van der Waals surface area contributed by atoms with Gasteiger partial charge in [-0.05, 0) is 24.2 Å². The Labute approximate surface area is 175 Å². The van der Waals surface area contributed by atoms with Gasteiger partial charge in [0.1, 0.15) is 24.1 Å². The van der Waals surface area contributed by atoms with Gasteiger partial charge < -0.3 is 9.05 Å². The molecule has 0 aromatic carbocycles. The molecule has 0 saturated carbocycles. The van der Waals surface area contributed by atoms with Gasteiger partial charge in [0.05, 0.1) is 11.1 Å². The average molecular weight is 421 g/mol. The van der Waals surface area contributed by atoms with E-state index in [0.29, 0.717) is 24.0 Å². The largest absolute Gasteiger partial charge is 0.387 e. The lowest BCUT2D eigenvalue weighted by molar-refractivity contribution is -0.124. The molecule has 2 aromatic heterocycles. The summed E-state index contributed by atoms with van der Waals surface area (Å²) < 4.78 is 9.75. The molecule has 0 fully saturated rings. The second kappa shape index (κ2) is 10.4. The summed E-state index contributed by atoms with van der Waals surface area (Å²) in [6.45, 7) is 8.25. The molecule has 1 atom stereocenters. The van der Waals surface area contributed by atoms with Crippen LogP contribution in [0.15, 0.2) is 31.2 Å². The zero-order chi connectivity index (χ0) is 22.3. The van der Waals surface area contributed by atoms with Crippen LogP contribution in [0.4, 0.5) is 0 Å². The van der Waals surface area contributed by atoms with Crippen molar-refractivity contribution in [1.82, 2.24) is 10.3 Å². The maximum absolute atomic E-state index is 12.3. The van der Waals surface area contributed by atoms with E-state index in [4.69, 9.17) is 9.05 Å². The van der Waals surface area contributed by atoms with Crippen molar-refractivity contribution in [2.45, 2.75) is 78.6 Å². The normalized spacial score (nSPS) is 13.0. The van der Waals surface area contributed by atoms with Gasteiger partial charge in [0.25, 0.3) is 11.1 Å². The predicted octanol–water partition coefficient (Wildman–Crippen LogP) is 3.93. The minimum atomic E-state index is -0.555. The van der Waals surface area contributed by atoms with Crippen LogP contribution in [-0.2, 0) is 9.59 Å². The molecule has 1 unspecified atom stereocenters. The molecule has 0 spiro atoms. The fraction of sp³-hybridized carbons (Fsp3) is 0.636. The molecule has 0 saturated heterocycles. The van der Waals surface area contributed by atoms with Crippen molar-refractivity contribution in [1.29, 1.82) is 0 Å². The van der Waals surface area contributed by atoms with Gasteiger partial charge in [-0.3, -0.25) is 19.2 Å². The van der Waals surface area contributed by atoms with Crippen LogP contribution in [0.2, 0.25) is 0 Å². The SMILES string of the molecule is CCC(C)(C)CCC(=O)CCC(=O)CCC(C)C(c1co[nH]c1=O)c1co[nH]c1=O. The molecule has 8 nitrogen and oxygen atoms in total. The summed E-state index contributed by atoms with van der Waals surface area (Å²) in [5.41, 5.74) is -0.0649. The number of hydrogen-bond acceptors (Lipinski definition) is 6. The highest BCUT2D eigenvalue weighted by atomic mass is 16.5. The lowest BCUT2D eigenvalue weighted by Gasteiger charge is -2.21. The molecule has 2 aromatic rings. The number of carbonyl (C=O) groups is 2. The highest BCUT2D eigenvalue weighted by molar-refractivity contribution is 5.85. The van der Waals surface area contributed by atoms with Crippen molar-refractivity contribution < 1.29 is 18.6 Å². The zero-order valence-electron chi connectivity index (χ0n) is 18.2. The molecule has 30 heavy (non-hydrogen) atoms. The first-order chi connectivity index (χ1) is 14.1. The van der Waals surface area contributed by atoms with Crippen molar-refractivity contribution in [3.8, 4) is 0 Å². The molecule has 2 N–H and O–H groups in total. The van der Waals surface area contributed by atoms with Crippen LogP contribution < -0.4 is 11.1 Å². The number of ketones is 2. The van der Waals surface area contributed by atoms with Gasteiger partial charge in [-0.25, -0.2) is 0 Å². The van der Waals surface area contributed by atoms with E-state index in [1.54, 1.807) is 0 Å². The molecule has 0 bridgehead atoms. The van der Waals surface area contributed by atoms with Crippen LogP contribution in [0.3, 0.4) is 0 Å². The van der Waals surface area contributed by atoms with Crippen LogP contribution in [0.25, 0.3) is 0 Å². The van der Waals surface area contributed by atoms with Crippen molar-refractivity contribution >= 4 is 11.6 Å². The third-order valence-corrected chi connectivity index (χ3v) is 6.04. The van der Waals surface area contributed by atoms with Crippen LogP contribution in [0, 0.1) is 11.3 Å². The quantitative estimate of drug-likeness (QED) is 0.505. The molecule has 2 rings (SSSR count). The van der Waals surface area contributed by atoms with Crippen molar-refractivity contribution in [2.75, 3.05) is 0 Å². The Bertz CT molecular complexity index is 897. The zero-order valence-corrected chi connectivity index (χ0v) is 18.2. The number of H-pyrrole nitrogens is 2. The highest BCUT2D eigenvalue weighted by Crippen LogP contribution is 2.31. The summed E-state index contributed by atoms with van der Waals surface area (Å²) in [6, 6.07) is 0. The van der Waals surface area contributed by atoms with Gasteiger partial charge in [0, 0.05) is 31.6 Å². The van der Waals surface area contributed by atoms with Gasteiger partial charge >= 0.3 is 0 Å². The second-order valence-electron chi connectivity index (χ2n) is 8.83. The van der Waals surface area contributed by atoms with E-state index < -0.39 is 17.0 Å². The third kappa shape index (κ3) is 6.43. The van der Waals surface area contributed by atoms with E-state index >= 15 is 0 Å². The summed E-state index contributed by atoms with van der Waals surface area (Å²) >= 11 is 0. The third-order valence-electron chi connectivity index (χ3n) is 6.04. The van der Waals surface area contributed by atoms with Gasteiger partial charge in [0.15, 0.2) is 0 Å². The minimum Gasteiger partial charge on any atom is -0.387 e. The molecule has 0 radical (unpaired) electrons. The van der Waals surface area contributed by atoms with Gasteiger partial charge in [-0.2, -0.15) is 10.3 Å². The molecule has 0 amide bonds. The molecule has 166 valence electrons. The van der Waals surface area contributed by atoms with Crippen LogP contribution >= 0.6 is 0 Å². The Hall–Kier alpha value is -2.64. The maximum Gasteiger partial charge on any atom is 0.283 e. The van der Waals surface area contributed by atoms with E-state index in [0.717, 1.165) is 12.8 Å². The molecule has 2 heterocycles. The highest BCUT2D eigenvalue weighted by Gasteiger charge is 2.29. The molecule has 8 heteroatoms. The average Bonchev–Trinajstić information content (AvgIpc) is 3.32. The van der Waals surface area contributed by atoms with Gasteiger partial charge in [-0.1, -0.05) is 34.1 Å². The number of Topliss-reactive ketones (excluding diaryl/α,β-unsaturated/α-hetero) is 2. The summed E-state index contributed by atoms with van der Waals surface area (Å²) in [4.78, 5) is 48.5. The van der Waals surface area contributed by atoms with Crippen molar-refractivity contribution in [3.05, 3.63) is 44.4 Å². The number of carbonyl (C=O) groups excluding carboxylic acids is 2. The monoisotopic (exact) mass is 420 g/mol. The van der Waals surface area contributed by atoms with E-state index in [-0.39, 0.29) is 42.2 Å². The fourth-order valence-electron chi connectivity index (χ4n) is 3.47. The molecular weight excluding hydrogens is 388 g/mol. The second-order valence-corrected chi connectivity index (χ2v) is 8.83. The molecule has 0 aliphatic carbocycles. The Balaban J connectivity index is 1.90. The van der Waals surface area contributed by atoms with Crippen LogP contribution in [0.1, 0.15) is 89.7 Å². The Kier molecular flexibility index (Phi) is 8.20. The Morgan fingerprint density at radius 1 is 0.933 bits per heavy atom. The lowest BCUT2D eigenvalue weighted by Crippen LogP contribution is -2.23. The van der Waals surface area contributed by atoms with Gasteiger partial charge in [-0.15, -0.1) is 0 Å². The molecule has 0 aliphatic heterocycles. The Morgan fingerprint density at radius 2 is 1.43 bits per heavy atom. The fourth-order valence-corrected chi connectivity index (χ4v) is 3.47. The maximum atomic E-state index is 12.3. The first kappa shape index (κ1) is 23.6. The minimum absolute atomic E-state index is 0.00547. The van der Waals surface area contributed by atoms with E-state index in [1.165, 1.54) is 12.5 Å². The van der Waals surface area contributed by atoms with Crippen LogP contribution in [0.5, 0.6) is 0 Å². The topological polar surface area (TPSA) is 126 Å². The van der Waals surface area contributed by atoms with Crippen molar-refractivity contribution in [2.24, 2.45) is 11.3 Å². The first-order valence-corrected chi connectivity index (χ1v) is 10.5. The van der Waals surface area contributed by atoms with Crippen LogP contribution in [-0.4, -0.2) is 21.9 Å². The van der Waals surface area contributed by atoms with E-state index in [9.17, 15) is 19.2 Å². The smallest absolute Gasteiger partial charge is 0.283 e. The van der Waals surface area contributed by atoms with Gasteiger partial charge in [0.2, 0.25) is 0 Å². The predicted molar refractivity (Wildman–Crippen MR) is 111 cm³/mol. The summed E-state index contributed by atoms with van der Waals surface area (Å²) in [5.74, 6) is -0.621. The lowest BCUT2D eigenvalue weighted by atomic mass is 9.81. The molecular formula is C22H32N2O6.